The van der Waals surface area contributed by atoms with Gasteiger partial charge in [-0.15, -0.1) is 0 Å². The Bertz CT molecular complexity index is 966. The zero-order chi connectivity index (χ0) is 28.2. The fourth-order valence-electron chi connectivity index (χ4n) is 4.85. The molecule has 40 heavy (non-hydrogen) atoms. The Kier molecular flexibility index (Phi) is 11.7. The van der Waals surface area contributed by atoms with Crippen molar-refractivity contribution < 1.29 is 38.0 Å². The second kappa shape index (κ2) is 15.6. The first-order valence-electron chi connectivity index (χ1n) is 14.7. The molecule has 0 aliphatic carbocycles. The van der Waals surface area contributed by atoms with Gasteiger partial charge in [0.2, 0.25) is 0 Å². The highest BCUT2D eigenvalue weighted by atomic mass is 16.7. The van der Waals surface area contributed by atoms with Gasteiger partial charge in [-0.25, -0.2) is 9.59 Å². The van der Waals surface area contributed by atoms with Crippen LogP contribution < -0.4 is 9.47 Å². The van der Waals surface area contributed by atoms with E-state index in [0.717, 1.165) is 37.2 Å². The third kappa shape index (κ3) is 8.45. The molecule has 0 aromatic heterocycles. The molecule has 2 fully saturated rings. The number of carbonyl (C=O) groups excluding carboxylic acids is 2. The Hall–Kier alpha value is -3.10. The summed E-state index contributed by atoms with van der Waals surface area (Å²) in [5, 5.41) is 0. The van der Waals surface area contributed by atoms with Gasteiger partial charge in [0.1, 0.15) is 23.7 Å². The summed E-state index contributed by atoms with van der Waals surface area (Å²) in [6.45, 7) is 6.03. The van der Waals surface area contributed by atoms with E-state index in [-0.39, 0.29) is 13.2 Å². The number of esters is 2. The summed E-state index contributed by atoms with van der Waals surface area (Å²) >= 11 is 0. The Morgan fingerprint density at radius 2 is 1.02 bits per heavy atom. The largest absolute Gasteiger partial charge is 0.494 e. The Morgan fingerprint density at radius 3 is 1.40 bits per heavy atom. The van der Waals surface area contributed by atoms with Crippen LogP contribution in [0.15, 0.2) is 48.5 Å². The summed E-state index contributed by atoms with van der Waals surface area (Å²) in [5.41, 5.74) is 0.854. The average molecular weight is 555 g/mol. The molecule has 2 saturated heterocycles. The van der Waals surface area contributed by atoms with Crippen molar-refractivity contribution in [2.24, 2.45) is 0 Å². The third-order valence-corrected chi connectivity index (χ3v) is 7.19. The standard InChI is InChI=1S/C32H42O8/c1-3-5-7-9-19-35-25-15-11-23(12-16-25)31(33)39-27-21-37-30-28(22-38-29(27)30)40-32(34)24-13-17-26(18-14-24)36-20-10-8-6-4-2/h11-18,27-30H,3-10,19-22H2,1-2H3/t27-,28+,29-,30-/m1/s1. The molecule has 0 spiro atoms. The van der Waals surface area contributed by atoms with Crippen LogP contribution in [0.25, 0.3) is 0 Å². The minimum absolute atomic E-state index is 0.179. The normalized spacial score (nSPS) is 21.6. The summed E-state index contributed by atoms with van der Waals surface area (Å²) in [7, 11) is 0. The number of unbranched alkanes of at least 4 members (excludes halogenated alkanes) is 6. The molecule has 2 aromatic rings. The van der Waals surface area contributed by atoms with Crippen molar-refractivity contribution in [1.29, 1.82) is 0 Å². The van der Waals surface area contributed by atoms with E-state index in [1.54, 1.807) is 48.5 Å². The molecular weight excluding hydrogens is 512 g/mol. The van der Waals surface area contributed by atoms with E-state index in [1.807, 2.05) is 0 Å². The van der Waals surface area contributed by atoms with Gasteiger partial charge in [0.05, 0.1) is 37.6 Å². The van der Waals surface area contributed by atoms with Gasteiger partial charge in [-0.2, -0.15) is 0 Å². The summed E-state index contributed by atoms with van der Waals surface area (Å²) in [6, 6.07) is 13.9. The van der Waals surface area contributed by atoms with Crippen molar-refractivity contribution in [1.82, 2.24) is 0 Å². The van der Waals surface area contributed by atoms with Gasteiger partial charge in [-0.1, -0.05) is 52.4 Å². The quantitative estimate of drug-likeness (QED) is 0.180. The number of benzene rings is 2. The first kappa shape index (κ1) is 29.9. The summed E-state index contributed by atoms with van der Waals surface area (Å²) in [4.78, 5) is 25.5. The molecule has 0 unspecified atom stereocenters. The molecule has 4 rings (SSSR count). The molecule has 0 amide bonds. The van der Waals surface area contributed by atoms with Crippen LogP contribution in [0.2, 0.25) is 0 Å². The maximum Gasteiger partial charge on any atom is 0.338 e. The zero-order valence-electron chi connectivity index (χ0n) is 23.7. The SMILES string of the molecule is CCCCCCOc1ccc(C(=O)O[C@H]2CO[C@H]3[C@@H]2OC[C@H]3OC(=O)c2ccc(OCCCCCC)cc2)cc1. The molecule has 2 heterocycles. The summed E-state index contributed by atoms with van der Waals surface area (Å²) < 4.78 is 34.6. The van der Waals surface area contributed by atoms with Gasteiger partial charge in [-0.3, -0.25) is 0 Å². The molecular formula is C32H42O8. The first-order valence-corrected chi connectivity index (χ1v) is 14.7. The number of hydrogen-bond acceptors (Lipinski definition) is 8. The van der Waals surface area contributed by atoms with Crippen LogP contribution >= 0.6 is 0 Å². The van der Waals surface area contributed by atoms with Crippen molar-refractivity contribution in [2.45, 2.75) is 89.6 Å². The fraction of sp³-hybridized carbons (Fsp3) is 0.562. The molecule has 0 saturated carbocycles. The topological polar surface area (TPSA) is 89.5 Å². The maximum absolute atomic E-state index is 12.7. The van der Waals surface area contributed by atoms with Gasteiger partial charge in [0, 0.05) is 0 Å². The van der Waals surface area contributed by atoms with Crippen molar-refractivity contribution >= 4 is 11.9 Å². The Balaban J connectivity index is 1.20. The molecule has 4 atom stereocenters. The Morgan fingerprint density at radius 1 is 0.625 bits per heavy atom. The lowest BCUT2D eigenvalue weighted by Gasteiger charge is -2.17. The summed E-state index contributed by atoms with van der Waals surface area (Å²) in [6.07, 6.45) is 6.97. The number of fused-ring (bicyclic) bond motifs is 1. The predicted octanol–water partition coefficient (Wildman–Crippen LogP) is 6.15. The lowest BCUT2D eigenvalue weighted by molar-refractivity contribution is -0.0287. The lowest BCUT2D eigenvalue weighted by atomic mass is 10.1. The average Bonchev–Trinajstić information content (AvgIpc) is 3.56. The predicted molar refractivity (Wildman–Crippen MR) is 150 cm³/mol. The van der Waals surface area contributed by atoms with E-state index in [9.17, 15) is 9.59 Å². The van der Waals surface area contributed by atoms with E-state index in [2.05, 4.69) is 13.8 Å². The van der Waals surface area contributed by atoms with Gasteiger partial charge in [0.25, 0.3) is 0 Å². The molecule has 0 bridgehead atoms. The van der Waals surface area contributed by atoms with Crippen LogP contribution in [0.4, 0.5) is 0 Å². The highest BCUT2D eigenvalue weighted by molar-refractivity contribution is 5.90. The number of carbonyl (C=O) groups is 2. The molecule has 2 aromatic carbocycles. The maximum atomic E-state index is 12.7. The van der Waals surface area contributed by atoms with Crippen LogP contribution in [-0.2, 0) is 18.9 Å². The van der Waals surface area contributed by atoms with Crippen molar-refractivity contribution in [3.63, 3.8) is 0 Å². The van der Waals surface area contributed by atoms with Crippen LogP contribution in [0, 0.1) is 0 Å². The number of rotatable bonds is 16. The van der Waals surface area contributed by atoms with Crippen LogP contribution in [0.1, 0.15) is 85.9 Å². The smallest absolute Gasteiger partial charge is 0.338 e. The number of ether oxygens (including phenoxy) is 6. The zero-order valence-corrected chi connectivity index (χ0v) is 23.7. The third-order valence-electron chi connectivity index (χ3n) is 7.19. The highest BCUT2D eigenvalue weighted by Crippen LogP contribution is 2.31. The van der Waals surface area contributed by atoms with Gasteiger partial charge in [-0.05, 0) is 61.4 Å². The first-order chi connectivity index (χ1) is 19.6. The molecule has 2 aliphatic heterocycles. The molecule has 8 heteroatoms. The van der Waals surface area contributed by atoms with E-state index in [4.69, 9.17) is 28.4 Å². The van der Waals surface area contributed by atoms with Crippen molar-refractivity contribution in [2.75, 3.05) is 26.4 Å². The van der Waals surface area contributed by atoms with Crippen LogP contribution in [0.5, 0.6) is 11.5 Å². The second-order valence-electron chi connectivity index (χ2n) is 10.4. The molecule has 218 valence electrons. The van der Waals surface area contributed by atoms with Gasteiger partial charge < -0.3 is 28.4 Å². The fourth-order valence-corrected chi connectivity index (χ4v) is 4.85. The highest BCUT2D eigenvalue weighted by Gasteiger charge is 2.51. The van der Waals surface area contributed by atoms with E-state index < -0.39 is 36.4 Å². The van der Waals surface area contributed by atoms with E-state index in [0.29, 0.717) is 24.3 Å². The van der Waals surface area contributed by atoms with Crippen LogP contribution in [0.3, 0.4) is 0 Å². The second-order valence-corrected chi connectivity index (χ2v) is 10.4. The van der Waals surface area contributed by atoms with Crippen molar-refractivity contribution in [3.05, 3.63) is 59.7 Å². The minimum Gasteiger partial charge on any atom is -0.494 e. The monoisotopic (exact) mass is 554 g/mol. The van der Waals surface area contributed by atoms with E-state index in [1.165, 1.54) is 25.7 Å². The molecule has 0 radical (unpaired) electrons. The molecule has 0 N–H and O–H groups in total. The van der Waals surface area contributed by atoms with E-state index >= 15 is 0 Å². The van der Waals surface area contributed by atoms with Crippen molar-refractivity contribution in [3.8, 4) is 11.5 Å². The van der Waals surface area contributed by atoms with Crippen LogP contribution in [-0.4, -0.2) is 62.8 Å². The van der Waals surface area contributed by atoms with Gasteiger partial charge in [0.15, 0.2) is 12.2 Å². The van der Waals surface area contributed by atoms with Gasteiger partial charge >= 0.3 is 11.9 Å². The molecule has 8 nitrogen and oxygen atoms in total. The molecule has 2 aliphatic rings. The summed E-state index contributed by atoms with van der Waals surface area (Å²) in [5.74, 6) is 0.539. The number of hydrogen-bond donors (Lipinski definition) is 0. The minimum atomic E-state index is -0.579. The Labute approximate surface area is 237 Å². The lowest BCUT2D eigenvalue weighted by Crippen LogP contribution is -2.36.